The molecule has 0 saturated heterocycles. The summed E-state index contributed by atoms with van der Waals surface area (Å²) >= 11 is 0. The van der Waals surface area contributed by atoms with Gasteiger partial charge in [0.2, 0.25) is 0 Å². The molecule has 1 unspecified atom stereocenters. The Morgan fingerprint density at radius 3 is 2.46 bits per heavy atom. The second kappa shape index (κ2) is 5.34. The van der Waals surface area contributed by atoms with Crippen LogP contribution in [0.3, 0.4) is 0 Å². The molecule has 0 bridgehead atoms. The molecule has 2 aromatic rings. The number of nitrogens with zero attached hydrogens (tertiary/aromatic N) is 2. The van der Waals surface area contributed by atoms with E-state index in [0.29, 0.717) is 0 Å². The zero-order chi connectivity index (χ0) is 17.8. The third-order valence-corrected chi connectivity index (χ3v) is 5.43. The predicted molar refractivity (Wildman–Crippen MR) is 89.3 cm³/mol. The predicted octanol–water partition coefficient (Wildman–Crippen LogP) is -0.904. The third-order valence-electron chi connectivity index (χ3n) is 5.43. The molecule has 0 amide bonds. The highest BCUT2D eigenvalue weighted by Gasteiger charge is 2.43. The number of hydrogen-bond donors (Lipinski definition) is 1. The van der Waals surface area contributed by atoms with Crippen molar-refractivity contribution in [3.8, 4) is 5.88 Å². The van der Waals surface area contributed by atoms with Gasteiger partial charge in [0, 0.05) is 26.1 Å². The van der Waals surface area contributed by atoms with Crippen molar-refractivity contribution < 1.29 is 10.0 Å². The molecule has 1 aromatic heterocycles. The van der Waals surface area contributed by atoms with Crippen LogP contribution in [0.1, 0.15) is 36.6 Å². The minimum absolute atomic E-state index is 0.134. The largest absolute Gasteiger partial charge is 0.859 e. The van der Waals surface area contributed by atoms with Crippen molar-refractivity contribution in [2.75, 3.05) is 7.05 Å². The summed E-state index contributed by atoms with van der Waals surface area (Å²) in [7, 11) is 4.84. The standard InChI is InChI=1S/C18H23N3O3/c1-18(2)10-11-8-6-7-9-12(11)14(21(18)5)13-15(22)19(3)17(24)20(4)16(13)23/h6-9,14,22H,10H2,1-5H3/t14-/m1/s1. The third kappa shape index (κ3) is 2.21. The maximum atomic E-state index is 12.8. The molecule has 2 heterocycles. The minimum Gasteiger partial charge on any atom is -0.859 e. The molecule has 1 aromatic carbocycles. The summed E-state index contributed by atoms with van der Waals surface area (Å²) in [6, 6.07) is 7.54. The van der Waals surface area contributed by atoms with E-state index in [-0.39, 0.29) is 17.1 Å². The average molecular weight is 329 g/mol. The molecule has 24 heavy (non-hydrogen) atoms. The molecule has 0 spiro atoms. The number of likely N-dealkylation sites (N-methyl/N-ethyl adjacent to an activating group) is 1. The smallest absolute Gasteiger partial charge is 0.329 e. The summed E-state index contributed by atoms with van der Waals surface area (Å²) in [4.78, 5) is 25.9. The fourth-order valence-electron chi connectivity index (χ4n) is 3.69. The van der Waals surface area contributed by atoms with Crippen LogP contribution in [-0.2, 0) is 20.5 Å². The number of hydrogen-bond acceptors (Lipinski definition) is 3. The van der Waals surface area contributed by atoms with E-state index in [9.17, 15) is 14.7 Å². The van der Waals surface area contributed by atoms with Gasteiger partial charge in [0.15, 0.2) is 0 Å². The number of nitrogens with one attached hydrogen (secondary N) is 1. The second-order valence-electron chi connectivity index (χ2n) is 7.30. The van der Waals surface area contributed by atoms with Gasteiger partial charge in [0.05, 0.1) is 18.2 Å². The molecule has 1 N–H and O–H groups in total. The maximum absolute atomic E-state index is 12.8. The van der Waals surface area contributed by atoms with Crippen LogP contribution in [0.15, 0.2) is 33.9 Å². The highest BCUT2D eigenvalue weighted by Crippen LogP contribution is 2.30. The number of aromatic nitrogens is 2. The lowest BCUT2D eigenvalue weighted by Crippen LogP contribution is -3.18. The first-order valence-electron chi connectivity index (χ1n) is 8.05. The Labute approximate surface area is 140 Å². The SMILES string of the molecule is Cn1c([O-])c([C@H]2c3ccccc3CC(C)(C)[NH+]2C)c(=O)n(C)c1=O. The number of fused-ring (bicyclic) bond motifs is 1. The Morgan fingerprint density at radius 2 is 1.79 bits per heavy atom. The molecule has 1 aliphatic heterocycles. The summed E-state index contributed by atoms with van der Waals surface area (Å²) in [5.74, 6) is -0.500. The summed E-state index contributed by atoms with van der Waals surface area (Å²) in [6.45, 7) is 4.25. The molecule has 1 aliphatic rings. The van der Waals surface area contributed by atoms with Gasteiger partial charge < -0.3 is 14.6 Å². The molecular weight excluding hydrogens is 306 g/mol. The van der Waals surface area contributed by atoms with Crippen LogP contribution in [-0.4, -0.2) is 21.7 Å². The second-order valence-corrected chi connectivity index (χ2v) is 7.30. The van der Waals surface area contributed by atoms with E-state index in [2.05, 4.69) is 13.8 Å². The van der Waals surface area contributed by atoms with Gasteiger partial charge in [-0.1, -0.05) is 24.3 Å². The quantitative estimate of drug-likeness (QED) is 0.737. The van der Waals surface area contributed by atoms with E-state index in [1.165, 1.54) is 14.1 Å². The molecular formula is C18H23N3O3. The van der Waals surface area contributed by atoms with E-state index in [1.807, 2.05) is 31.3 Å². The lowest BCUT2D eigenvalue weighted by Gasteiger charge is -2.44. The van der Waals surface area contributed by atoms with Crippen LogP contribution in [0.2, 0.25) is 0 Å². The Balaban J connectivity index is 2.38. The van der Waals surface area contributed by atoms with Gasteiger partial charge in [-0.2, -0.15) is 0 Å². The fourth-order valence-corrected chi connectivity index (χ4v) is 3.69. The van der Waals surface area contributed by atoms with Crippen LogP contribution >= 0.6 is 0 Å². The molecule has 3 rings (SSSR count). The minimum atomic E-state index is -0.588. The highest BCUT2D eigenvalue weighted by atomic mass is 16.3. The molecule has 2 atom stereocenters. The first-order valence-corrected chi connectivity index (χ1v) is 8.05. The van der Waals surface area contributed by atoms with Crippen LogP contribution in [0.5, 0.6) is 5.88 Å². The van der Waals surface area contributed by atoms with Gasteiger partial charge in [0.1, 0.15) is 6.04 Å². The molecule has 6 heteroatoms. The van der Waals surface area contributed by atoms with Gasteiger partial charge in [-0.15, -0.1) is 0 Å². The van der Waals surface area contributed by atoms with Gasteiger partial charge in [0.25, 0.3) is 5.56 Å². The fraction of sp³-hybridized carbons (Fsp3) is 0.444. The summed E-state index contributed by atoms with van der Waals surface area (Å²) in [5.41, 5.74) is 1.08. The van der Waals surface area contributed by atoms with Crippen molar-refractivity contribution in [2.45, 2.75) is 31.8 Å². The van der Waals surface area contributed by atoms with Crippen molar-refractivity contribution in [1.82, 2.24) is 9.13 Å². The average Bonchev–Trinajstić information content (AvgIpc) is 2.54. The van der Waals surface area contributed by atoms with Crippen molar-refractivity contribution in [2.24, 2.45) is 14.1 Å². The van der Waals surface area contributed by atoms with Crippen molar-refractivity contribution in [3.63, 3.8) is 0 Å². The van der Waals surface area contributed by atoms with Crippen LogP contribution < -0.4 is 21.3 Å². The van der Waals surface area contributed by atoms with E-state index >= 15 is 0 Å². The first kappa shape index (κ1) is 16.5. The van der Waals surface area contributed by atoms with Gasteiger partial charge >= 0.3 is 5.69 Å². The van der Waals surface area contributed by atoms with E-state index in [0.717, 1.165) is 31.6 Å². The van der Waals surface area contributed by atoms with Crippen molar-refractivity contribution in [3.05, 3.63) is 61.8 Å². The number of rotatable bonds is 1. The van der Waals surface area contributed by atoms with E-state index in [1.54, 1.807) is 0 Å². The zero-order valence-electron chi connectivity index (χ0n) is 14.7. The summed E-state index contributed by atoms with van der Waals surface area (Å²) < 4.78 is 2.04. The first-order chi connectivity index (χ1) is 11.2. The Hall–Kier alpha value is -2.34. The molecule has 0 radical (unpaired) electrons. The van der Waals surface area contributed by atoms with Crippen LogP contribution in [0.4, 0.5) is 0 Å². The van der Waals surface area contributed by atoms with Crippen molar-refractivity contribution >= 4 is 0 Å². The van der Waals surface area contributed by atoms with Gasteiger partial charge in [-0.25, -0.2) is 4.79 Å². The Morgan fingerprint density at radius 1 is 1.17 bits per heavy atom. The lowest BCUT2D eigenvalue weighted by molar-refractivity contribution is -0.957. The highest BCUT2D eigenvalue weighted by molar-refractivity contribution is 5.40. The molecule has 128 valence electrons. The van der Waals surface area contributed by atoms with E-state index in [4.69, 9.17) is 0 Å². The van der Waals surface area contributed by atoms with Gasteiger partial charge in [-0.05, 0) is 25.3 Å². The number of benzene rings is 1. The van der Waals surface area contributed by atoms with Crippen LogP contribution in [0.25, 0.3) is 0 Å². The molecule has 6 nitrogen and oxygen atoms in total. The summed E-state index contributed by atoms with van der Waals surface area (Å²) in [5, 5.41) is 12.8. The van der Waals surface area contributed by atoms with Crippen LogP contribution in [0, 0.1) is 0 Å². The monoisotopic (exact) mass is 329 g/mol. The van der Waals surface area contributed by atoms with Gasteiger partial charge in [-0.3, -0.25) is 9.36 Å². The molecule has 0 aliphatic carbocycles. The Kier molecular flexibility index (Phi) is 3.68. The topological polar surface area (TPSA) is 71.5 Å². The van der Waals surface area contributed by atoms with Crippen molar-refractivity contribution in [1.29, 1.82) is 0 Å². The molecule has 0 saturated carbocycles. The number of quaternary nitrogens is 1. The van der Waals surface area contributed by atoms with E-state index < -0.39 is 17.1 Å². The summed E-state index contributed by atoms with van der Waals surface area (Å²) in [6.07, 6.45) is 0.867. The zero-order valence-corrected chi connectivity index (χ0v) is 14.7. The molecule has 0 fully saturated rings. The lowest BCUT2D eigenvalue weighted by atomic mass is 9.80. The Bertz CT molecular complexity index is 924. The normalized spacial score (nSPS) is 22.2. The maximum Gasteiger partial charge on any atom is 0.329 e.